The van der Waals surface area contributed by atoms with Gasteiger partial charge in [0.2, 0.25) is 0 Å². The van der Waals surface area contributed by atoms with Crippen LogP contribution in [0.5, 0.6) is 0 Å². The highest BCUT2D eigenvalue weighted by atomic mass is 32.1. The number of nitrogens with zero attached hydrogens (tertiary/aromatic N) is 1. The number of ether oxygens (including phenoxy) is 1. The molecule has 1 aromatic heterocycles. The van der Waals surface area contributed by atoms with Crippen molar-refractivity contribution in [1.29, 1.82) is 0 Å². The predicted octanol–water partition coefficient (Wildman–Crippen LogP) is 1.77. The molecule has 2 N–H and O–H groups in total. The van der Waals surface area contributed by atoms with Crippen LogP contribution in [0.25, 0.3) is 0 Å². The summed E-state index contributed by atoms with van der Waals surface area (Å²) < 4.78 is 5.67. The van der Waals surface area contributed by atoms with Crippen molar-refractivity contribution >= 4 is 11.3 Å². The first-order valence-electron chi connectivity index (χ1n) is 4.95. The minimum atomic E-state index is 0.361. The van der Waals surface area contributed by atoms with E-state index in [0.29, 0.717) is 18.8 Å². The fourth-order valence-electron chi connectivity index (χ4n) is 1.53. The van der Waals surface area contributed by atoms with Crippen LogP contribution in [-0.2, 0) is 11.3 Å². The van der Waals surface area contributed by atoms with E-state index in [1.165, 1.54) is 4.88 Å². The van der Waals surface area contributed by atoms with Gasteiger partial charge in [-0.05, 0) is 26.7 Å². The van der Waals surface area contributed by atoms with Crippen molar-refractivity contribution in [3.63, 3.8) is 0 Å². The first-order chi connectivity index (χ1) is 6.65. The lowest BCUT2D eigenvalue weighted by atomic mass is 9.90. The Balaban J connectivity index is 1.80. The minimum Gasteiger partial charge on any atom is -0.371 e. The monoisotopic (exact) mass is 212 g/mol. The summed E-state index contributed by atoms with van der Waals surface area (Å²) in [6.07, 6.45) is 2.38. The van der Waals surface area contributed by atoms with E-state index >= 15 is 0 Å². The quantitative estimate of drug-likeness (QED) is 0.830. The van der Waals surface area contributed by atoms with E-state index < -0.39 is 0 Å². The molecule has 1 aliphatic carbocycles. The second-order valence-corrected chi connectivity index (χ2v) is 5.20. The van der Waals surface area contributed by atoms with E-state index in [1.54, 1.807) is 11.3 Å². The van der Waals surface area contributed by atoms with E-state index in [4.69, 9.17) is 10.5 Å². The molecule has 78 valence electrons. The molecule has 0 bridgehead atoms. The highest BCUT2D eigenvalue weighted by Crippen LogP contribution is 2.24. The van der Waals surface area contributed by atoms with Gasteiger partial charge < -0.3 is 10.5 Å². The molecule has 0 saturated heterocycles. The number of nitrogens with two attached hydrogens (primary N) is 1. The smallest absolute Gasteiger partial charge is 0.119 e. The molecule has 1 aromatic rings. The van der Waals surface area contributed by atoms with Crippen molar-refractivity contribution in [3.05, 3.63) is 15.6 Å². The number of thiazole rings is 1. The standard InChI is InChI=1S/C10H16N2OS/c1-6-7(2)14-10(12-6)5-13-9-3-8(11)4-9/h8-9H,3-5,11H2,1-2H3. The van der Waals surface area contributed by atoms with Gasteiger partial charge in [-0.3, -0.25) is 0 Å². The average molecular weight is 212 g/mol. The van der Waals surface area contributed by atoms with E-state index in [0.717, 1.165) is 23.5 Å². The van der Waals surface area contributed by atoms with Gasteiger partial charge in [-0.2, -0.15) is 0 Å². The molecule has 2 rings (SSSR count). The third kappa shape index (κ3) is 2.13. The van der Waals surface area contributed by atoms with Gasteiger partial charge in [-0.15, -0.1) is 11.3 Å². The summed E-state index contributed by atoms with van der Waals surface area (Å²) >= 11 is 1.72. The fraction of sp³-hybridized carbons (Fsp3) is 0.700. The number of aromatic nitrogens is 1. The molecular weight excluding hydrogens is 196 g/mol. The van der Waals surface area contributed by atoms with Crippen molar-refractivity contribution in [2.24, 2.45) is 5.73 Å². The molecule has 1 fully saturated rings. The maximum atomic E-state index is 5.67. The second-order valence-electron chi connectivity index (χ2n) is 3.91. The highest BCUT2D eigenvalue weighted by molar-refractivity contribution is 7.11. The van der Waals surface area contributed by atoms with Crippen molar-refractivity contribution < 1.29 is 4.74 Å². The summed E-state index contributed by atoms with van der Waals surface area (Å²) in [5.41, 5.74) is 6.80. The first kappa shape index (κ1) is 10.1. The van der Waals surface area contributed by atoms with Crippen LogP contribution < -0.4 is 5.73 Å². The predicted molar refractivity (Wildman–Crippen MR) is 57.4 cm³/mol. The average Bonchev–Trinajstić information content (AvgIpc) is 2.39. The number of aryl methyl sites for hydroxylation is 2. The number of rotatable bonds is 3. The topological polar surface area (TPSA) is 48.1 Å². The lowest BCUT2D eigenvalue weighted by Crippen LogP contribution is -2.41. The SMILES string of the molecule is Cc1nc(COC2CC(N)C2)sc1C. The number of hydrogen-bond donors (Lipinski definition) is 1. The lowest BCUT2D eigenvalue weighted by molar-refractivity contribution is -0.0189. The van der Waals surface area contributed by atoms with Crippen LogP contribution in [0.3, 0.4) is 0 Å². The Kier molecular flexibility index (Phi) is 2.85. The highest BCUT2D eigenvalue weighted by Gasteiger charge is 2.26. The van der Waals surface area contributed by atoms with Crippen LogP contribution in [0.4, 0.5) is 0 Å². The molecule has 0 spiro atoms. The molecule has 14 heavy (non-hydrogen) atoms. The molecule has 0 radical (unpaired) electrons. The fourth-order valence-corrected chi connectivity index (χ4v) is 2.39. The molecule has 0 atom stereocenters. The maximum absolute atomic E-state index is 5.67. The Morgan fingerprint density at radius 2 is 2.21 bits per heavy atom. The zero-order valence-corrected chi connectivity index (χ0v) is 9.43. The Morgan fingerprint density at radius 1 is 1.50 bits per heavy atom. The van der Waals surface area contributed by atoms with Crippen molar-refractivity contribution in [1.82, 2.24) is 4.98 Å². The van der Waals surface area contributed by atoms with Crippen LogP contribution >= 0.6 is 11.3 Å². The summed E-state index contributed by atoms with van der Waals surface area (Å²) in [4.78, 5) is 5.71. The van der Waals surface area contributed by atoms with Crippen LogP contribution in [-0.4, -0.2) is 17.1 Å². The van der Waals surface area contributed by atoms with Gasteiger partial charge in [-0.1, -0.05) is 0 Å². The molecule has 0 aliphatic heterocycles. The second kappa shape index (κ2) is 3.96. The summed E-state index contributed by atoms with van der Waals surface area (Å²) in [5, 5.41) is 1.08. The minimum absolute atomic E-state index is 0.361. The zero-order valence-electron chi connectivity index (χ0n) is 8.62. The third-order valence-electron chi connectivity index (χ3n) is 2.65. The first-order valence-corrected chi connectivity index (χ1v) is 5.77. The molecule has 4 heteroatoms. The van der Waals surface area contributed by atoms with Crippen LogP contribution in [0.2, 0.25) is 0 Å². The van der Waals surface area contributed by atoms with Gasteiger partial charge in [0, 0.05) is 10.9 Å². The Morgan fingerprint density at radius 3 is 2.71 bits per heavy atom. The number of hydrogen-bond acceptors (Lipinski definition) is 4. The van der Waals surface area contributed by atoms with Gasteiger partial charge in [0.15, 0.2) is 0 Å². The molecular formula is C10H16N2OS. The molecule has 0 aromatic carbocycles. The normalized spacial score (nSPS) is 26.2. The van der Waals surface area contributed by atoms with Gasteiger partial charge in [0.1, 0.15) is 5.01 Å². The molecule has 3 nitrogen and oxygen atoms in total. The lowest BCUT2D eigenvalue weighted by Gasteiger charge is -2.31. The molecule has 1 aliphatic rings. The summed E-state index contributed by atoms with van der Waals surface area (Å²) in [6, 6.07) is 0.361. The largest absolute Gasteiger partial charge is 0.371 e. The molecule has 0 unspecified atom stereocenters. The zero-order chi connectivity index (χ0) is 10.1. The Hall–Kier alpha value is -0.450. The van der Waals surface area contributed by atoms with Crippen LogP contribution in [0.15, 0.2) is 0 Å². The van der Waals surface area contributed by atoms with E-state index in [9.17, 15) is 0 Å². The van der Waals surface area contributed by atoms with Gasteiger partial charge in [0.05, 0.1) is 18.4 Å². The van der Waals surface area contributed by atoms with E-state index in [1.807, 2.05) is 6.92 Å². The maximum Gasteiger partial charge on any atom is 0.119 e. The van der Waals surface area contributed by atoms with Crippen LogP contribution in [0.1, 0.15) is 28.4 Å². The summed E-state index contributed by atoms with van der Waals surface area (Å²) in [7, 11) is 0. The van der Waals surface area contributed by atoms with E-state index in [2.05, 4.69) is 11.9 Å². The van der Waals surface area contributed by atoms with Gasteiger partial charge in [-0.25, -0.2) is 4.98 Å². The third-order valence-corrected chi connectivity index (χ3v) is 3.69. The van der Waals surface area contributed by atoms with Gasteiger partial charge >= 0.3 is 0 Å². The molecule has 1 heterocycles. The van der Waals surface area contributed by atoms with Crippen molar-refractivity contribution in [2.75, 3.05) is 0 Å². The Labute approximate surface area is 88.3 Å². The van der Waals surface area contributed by atoms with Crippen molar-refractivity contribution in [2.45, 2.75) is 45.4 Å². The van der Waals surface area contributed by atoms with Crippen molar-refractivity contribution in [3.8, 4) is 0 Å². The van der Waals surface area contributed by atoms with E-state index in [-0.39, 0.29) is 0 Å². The molecule has 1 saturated carbocycles. The van der Waals surface area contributed by atoms with Gasteiger partial charge in [0.25, 0.3) is 0 Å². The summed E-state index contributed by atoms with van der Waals surface area (Å²) in [5.74, 6) is 0. The Bertz CT molecular complexity index is 298. The molecule has 0 amide bonds. The summed E-state index contributed by atoms with van der Waals surface area (Å²) in [6.45, 7) is 4.78. The van der Waals surface area contributed by atoms with Crippen LogP contribution in [0, 0.1) is 13.8 Å².